The molecule has 0 fully saturated rings. The van der Waals surface area contributed by atoms with Gasteiger partial charge in [0.25, 0.3) is 0 Å². The van der Waals surface area contributed by atoms with Crippen LogP contribution in [0.3, 0.4) is 0 Å². The Bertz CT molecular complexity index is 6940. The third-order valence-corrected chi connectivity index (χ3v) is 29.0. The minimum absolute atomic E-state index is 0.0799. The van der Waals surface area contributed by atoms with Gasteiger partial charge in [-0.1, -0.05) is 0 Å². The van der Waals surface area contributed by atoms with Crippen molar-refractivity contribution in [3.05, 3.63) is 96.1 Å². The first-order valence-electron chi connectivity index (χ1n) is 31.4. The lowest BCUT2D eigenvalue weighted by atomic mass is 10.0. The predicted molar refractivity (Wildman–Crippen MR) is 414 cm³/mol. The van der Waals surface area contributed by atoms with E-state index in [1.54, 1.807) is 0 Å². The van der Waals surface area contributed by atoms with Gasteiger partial charge >= 0.3 is 40.5 Å². The first-order chi connectivity index (χ1) is 55.8. The molecule has 65 heteroatoms. The summed E-state index contributed by atoms with van der Waals surface area (Å²) in [5.41, 5.74) is 16.3. The van der Waals surface area contributed by atoms with Crippen LogP contribution in [0.1, 0.15) is 11.1 Å². The van der Waals surface area contributed by atoms with E-state index in [2.05, 4.69) is 87.7 Å². The molecule has 18 N–H and O–H groups in total. The number of azo groups is 4. The van der Waals surface area contributed by atoms with Crippen LogP contribution in [0.4, 0.5) is 68.2 Å². The van der Waals surface area contributed by atoms with Gasteiger partial charge in [-0.25, -0.2) is 58.9 Å². The number of methoxy groups -OCH3 is 2. The summed E-state index contributed by atoms with van der Waals surface area (Å²) in [5.74, 6) is 13.9. The standard InChI is InChI=1S/C28H32N8O20S6.C28H32N8O17S6/c1-14-11-18(19(52-2)13-20(14)58(40,41)10-8-54-62(49,50)51)34-36-26-22-17(23(29)28(24(30)27(22)37)60(44,45)56-32)12-21(59(42,43)55-31)25(26)35-33-15-3-5-16(6-4-15)57(38,39)9-7-53-61(46,47)48;1-14-11-18(19(49-2)13-20(14)56(40,41)9-7-50-54)34-36-26-22-17(23(29)28(24(30)27(22)37)58(44,45)53-32)12-21(57(42,43)52-31)25(26)35-33-15-3-5-16(6-4-15)55(38,39)10-8-51-59(46,47)48/h3-6,11-13,37H,7-10,29-32H2,1-2H3,(H,46,47,48)(H,49,50,51);3-6,11-13,37,54H,7-10,29-32H2,1-2H3,(H,46,47,48)/p-3. The van der Waals surface area contributed by atoms with E-state index >= 15 is 0 Å². The number of ether oxygens (including phenoxy) is 2. The number of anilines is 4. The van der Waals surface area contributed by atoms with Crippen LogP contribution >= 0.6 is 12.9 Å². The molecule has 662 valence electrons. The Labute approximate surface area is 691 Å². The zero-order chi connectivity index (χ0) is 91.1. The lowest BCUT2D eigenvalue weighted by Gasteiger charge is -2.17. The molecule has 0 atom stereocenters. The van der Waals surface area contributed by atoms with E-state index in [-0.39, 0.29) is 61.8 Å². The van der Waals surface area contributed by atoms with Gasteiger partial charge in [0.15, 0.2) is 39.3 Å². The van der Waals surface area contributed by atoms with Crippen molar-refractivity contribution in [1.82, 2.24) is 0 Å². The number of nitrogens with two attached hydrogens (primary N) is 8. The highest BCUT2D eigenvalue weighted by molar-refractivity contribution is 7.92. The number of rotatable bonds is 37. The summed E-state index contributed by atoms with van der Waals surface area (Å²) in [6.45, 7) is -0.634. The van der Waals surface area contributed by atoms with Crippen LogP contribution in [0.2, 0.25) is 0 Å². The van der Waals surface area contributed by atoms with Gasteiger partial charge in [-0.3, -0.25) is 12.5 Å². The molecule has 0 unspecified atom stereocenters. The topological polar surface area (TPSA) is 885 Å². The molecule has 0 bridgehead atoms. The first kappa shape index (κ1) is 98.4. The van der Waals surface area contributed by atoms with Crippen LogP contribution in [-0.2, 0) is 145 Å². The number of nitrogens with zero attached hydrogens (tertiary/aromatic N) is 8. The molecule has 0 aromatic heterocycles. The number of fused-ring (bicyclic) bond motifs is 2. The maximum atomic E-state index is 13.3. The van der Waals surface area contributed by atoms with Gasteiger partial charge in [-0.05, 0) is 111 Å². The molecular weight excluding hydrogens is 1870 g/mol. The average molecular weight is 1930 g/mol. The monoisotopic (exact) mass is 1930 g/mol. The number of hydrogen-bond donors (Lipinski definition) is 11. The predicted octanol–water partition coefficient (Wildman–Crippen LogP) is 2.42. The van der Waals surface area contributed by atoms with Crippen LogP contribution in [0.25, 0.3) is 21.5 Å². The van der Waals surface area contributed by atoms with Crippen molar-refractivity contribution in [3.8, 4) is 23.0 Å². The third kappa shape index (κ3) is 23.4. The van der Waals surface area contributed by atoms with Gasteiger partial charge < -0.3 is 60.5 Å². The lowest BCUT2D eigenvalue weighted by Crippen LogP contribution is -2.16. The molecule has 0 saturated heterocycles. The Morgan fingerprint density at radius 3 is 0.934 bits per heavy atom. The van der Waals surface area contributed by atoms with Crippen molar-refractivity contribution >= 4 is 214 Å². The second kappa shape index (κ2) is 38.0. The van der Waals surface area contributed by atoms with E-state index in [1.165, 1.54) is 19.9 Å². The number of thiol groups is 1. The number of phenols is 2. The quantitative estimate of drug-likeness (QED) is 0.00306. The normalized spacial score (nSPS) is 13.3. The molecule has 0 aliphatic heterocycles. The summed E-state index contributed by atoms with van der Waals surface area (Å²) in [4.78, 5) is -5.79. The molecule has 0 aliphatic carbocycles. The van der Waals surface area contributed by atoms with Crippen LogP contribution in [-0.4, -0.2) is 180 Å². The van der Waals surface area contributed by atoms with Crippen molar-refractivity contribution < 1.29 is 160 Å². The van der Waals surface area contributed by atoms with Gasteiger partial charge in [-0.2, -0.15) is 84.6 Å². The fourth-order valence-electron chi connectivity index (χ4n) is 10.4. The number of aromatic hydroxyl groups is 2. The van der Waals surface area contributed by atoms with Crippen molar-refractivity contribution in [2.45, 2.75) is 53.0 Å². The number of hydrogen-bond acceptors (Lipinski definition) is 54. The lowest BCUT2D eigenvalue weighted by molar-refractivity contribution is 0.274. The largest absolute Gasteiger partial charge is 0.726 e. The van der Waals surface area contributed by atoms with E-state index in [9.17, 15) is 116 Å². The highest BCUT2D eigenvalue weighted by Crippen LogP contribution is 2.55. The van der Waals surface area contributed by atoms with E-state index in [0.29, 0.717) is 12.1 Å². The second-order valence-electron chi connectivity index (χ2n) is 23.4. The van der Waals surface area contributed by atoms with E-state index in [0.717, 1.165) is 80.9 Å². The minimum atomic E-state index is -5.24. The zero-order valence-corrected chi connectivity index (χ0v) is 70.9. The second-order valence-corrected chi connectivity index (χ2v) is 41.3. The van der Waals surface area contributed by atoms with E-state index in [4.69, 9.17) is 56.0 Å². The third-order valence-electron chi connectivity index (χ3n) is 15.8. The maximum Gasteiger partial charge on any atom is 0.316 e. The highest BCUT2D eigenvalue weighted by atomic mass is 32.3. The molecular formula is C56H61N16O37S12-3. The van der Waals surface area contributed by atoms with Crippen molar-refractivity contribution in [2.24, 2.45) is 64.5 Å². The minimum Gasteiger partial charge on any atom is -0.726 e. The van der Waals surface area contributed by atoms with Gasteiger partial charge in [0, 0.05) is 22.9 Å². The Morgan fingerprint density at radius 2 is 0.653 bits per heavy atom. The number of nitrogen functional groups attached to an aromatic ring is 4. The summed E-state index contributed by atoms with van der Waals surface area (Å²) in [5, 5.41) is 52.1. The molecule has 8 aromatic rings. The Kier molecular flexibility index (Phi) is 30.9. The number of sulfone groups is 4. The molecule has 53 nitrogen and oxygen atoms in total. The Morgan fingerprint density at radius 1 is 0.364 bits per heavy atom. The zero-order valence-electron chi connectivity index (χ0n) is 61.1. The van der Waals surface area contributed by atoms with E-state index < -0.39 is 262 Å². The molecule has 0 spiro atoms. The van der Waals surface area contributed by atoms with Crippen molar-refractivity contribution in [3.63, 3.8) is 0 Å². The molecule has 0 heterocycles. The van der Waals surface area contributed by atoms with Crippen LogP contribution < -0.4 is 56.0 Å². The Hall–Kier alpha value is -9.72. The van der Waals surface area contributed by atoms with E-state index in [1.807, 2.05) is 0 Å². The van der Waals surface area contributed by atoms with Crippen molar-refractivity contribution in [1.29, 1.82) is 0 Å². The van der Waals surface area contributed by atoms with Crippen molar-refractivity contribution in [2.75, 3.05) is 86.6 Å². The average Bonchev–Trinajstić information content (AvgIpc) is 0.728. The SMILES string of the molecule is COc1cc(S(=O)(=O)CCOS(=O)(=O)[O-])c(C)cc1N=Nc1c(N=Nc2ccc(S(=O)(=O)CCOS(=O)(=O)[O-])cc2)c(S(=O)(=O)ON)cc2c(N)c(S(=O)(=O)ON)c(N)c(O)c12.COc1cc(S(=O)(=O)CCOS)c(C)cc1N=Nc1c(N=Nc2ccc(S(=O)(=O)CCOS(=O)(=O)[O-])cc2)c(S(=O)(=O)ON)cc2c(N)c(S(=O)(=O)ON)c(N)c(O)c12. The van der Waals surface area contributed by atoms with Gasteiger partial charge in [0.05, 0.1) is 128 Å². The maximum absolute atomic E-state index is 13.3. The molecule has 0 amide bonds. The van der Waals surface area contributed by atoms with Crippen LogP contribution in [0.15, 0.2) is 165 Å². The van der Waals surface area contributed by atoms with Crippen LogP contribution in [0.5, 0.6) is 23.0 Å². The van der Waals surface area contributed by atoms with Gasteiger partial charge in [0.2, 0.25) is 31.2 Å². The molecule has 121 heavy (non-hydrogen) atoms. The van der Waals surface area contributed by atoms with Crippen LogP contribution in [0, 0.1) is 13.8 Å². The molecule has 0 aliphatic rings. The number of benzene rings is 8. The summed E-state index contributed by atoms with van der Waals surface area (Å²) in [6, 6.07) is 13.7. The smallest absolute Gasteiger partial charge is 0.316 e. The molecule has 8 rings (SSSR count). The fraction of sp³-hybridized carbons (Fsp3) is 0.214. The Balaban J connectivity index is 0.000000334. The van der Waals surface area contributed by atoms with Gasteiger partial charge in [-0.15, -0.1) is 30.7 Å². The summed E-state index contributed by atoms with van der Waals surface area (Å²) in [7, 11) is -50.6. The molecule has 0 radical (unpaired) electrons. The fourth-order valence-corrected chi connectivity index (χ4v) is 19.8. The first-order valence-corrected chi connectivity index (χ1v) is 48.0. The molecule has 8 aromatic carbocycles. The summed E-state index contributed by atoms with van der Waals surface area (Å²) < 4.78 is 347. The molecule has 0 saturated carbocycles. The summed E-state index contributed by atoms with van der Waals surface area (Å²) in [6.07, 6.45) is 0. The number of aryl methyl sites for hydroxylation is 2. The summed E-state index contributed by atoms with van der Waals surface area (Å²) >= 11 is 3.56. The van der Waals surface area contributed by atoms with Gasteiger partial charge in [0.1, 0.15) is 76.7 Å². The number of phenolic OH excluding ortho intramolecular Hbond substituents is 2. The highest BCUT2D eigenvalue weighted by Gasteiger charge is 2.36.